The van der Waals surface area contributed by atoms with Crippen LogP contribution in [0.15, 0.2) is 17.1 Å². The van der Waals surface area contributed by atoms with Crippen molar-refractivity contribution >= 4 is 0 Å². The fourth-order valence-electron chi connectivity index (χ4n) is 2.86. The molecule has 1 heterocycles. The molecule has 1 aliphatic rings. The number of likely N-dealkylation sites (N-methyl/N-ethyl adjacent to an activating group) is 1. The molecule has 2 rings (SSSR count). The summed E-state index contributed by atoms with van der Waals surface area (Å²) in [5.74, 6) is 0.679. The van der Waals surface area contributed by atoms with Crippen LogP contribution in [0.1, 0.15) is 37.7 Å². The molecule has 1 aromatic rings. The summed E-state index contributed by atoms with van der Waals surface area (Å²) in [6.45, 7) is 2.58. The van der Waals surface area contributed by atoms with Gasteiger partial charge in [-0.05, 0) is 38.3 Å². The first-order valence-electron chi connectivity index (χ1n) is 6.91. The molecule has 4 nitrogen and oxygen atoms in total. The van der Waals surface area contributed by atoms with E-state index in [1.54, 1.807) is 16.9 Å². The Morgan fingerprint density at radius 1 is 1.44 bits per heavy atom. The van der Waals surface area contributed by atoms with Crippen LogP contribution in [0, 0.1) is 12.8 Å². The molecule has 18 heavy (non-hydrogen) atoms. The second kappa shape index (κ2) is 6.14. The van der Waals surface area contributed by atoms with Crippen molar-refractivity contribution in [3.8, 4) is 0 Å². The van der Waals surface area contributed by atoms with E-state index >= 15 is 0 Å². The zero-order chi connectivity index (χ0) is 13.0. The molecule has 1 aromatic heterocycles. The van der Waals surface area contributed by atoms with Gasteiger partial charge in [0.15, 0.2) is 0 Å². The van der Waals surface area contributed by atoms with E-state index in [4.69, 9.17) is 0 Å². The zero-order valence-electron chi connectivity index (χ0n) is 11.4. The van der Waals surface area contributed by atoms with Gasteiger partial charge >= 0.3 is 0 Å². The lowest BCUT2D eigenvalue weighted by molar-refractivity contribution is 0.249. The molecule has 0 spiro atoms. The molecule has 0 bridgehead atoms. The minimum absolute atomic E-state index is 0.00561. The van der Waals surface area contributed by atoms with Crippen LogP contribution in [0.5, 0.6) is 0 Å². The number of nitrogens with one attached hydrogen (secondary N) is 1. The molecule has 0 saturated heterocycles. The number of hydrogen-bond donors (Lipinski definition) is 1. The second-order valence-corrected chi connectivity index (χ2v) is 5.35. The number of nitrogens with zero attached hydrogens (tertiary/aromatic N) is 2. The predicted molar refractivity (Wildman–Crippen MR) is 72.7 cm³/mol. The van der Waals surface area contributed by atoms with Gasteiger partial charge in [-0.2, -0.15) is 5.10 Å². The van der Waals surface area contributed by atoms with Crippen molar-refractivity contribution in [1.82, 2.24) is 15.1 Å². The van der Waals surface area contributed by atoms with Crippen molar-refractivity contribution < 1.29 is 0 Å². The Balaban J connectivity index is 2.07. The van der Waals surface area contributed by atoms with E-state index in [0.29, 0.717) is 18.5 Å². The Morgan fingerprint density at radius 3 is 2.78 bits per heavy atom. The van der Waals surface area contributed by atoms with Crippen LogP contribution >= 0.6 is 0 Å². The smallest absolute Gasteiger partial charge is 0.267 e. The Bertz CT molecular complexity index is 435. The van der Waals surface area contributed by atoms with Crippen LogP contribution in [0.2, 0.25) is 0 Å². The van der Waals surface area contributed by atoms with Gasteiger partial charge in [0, 0.05) is 12.1 Å². The van der Waals surface area contributed by atoms with Gasteiger partial charge in [0.05, 0.1) is 12.7 Å². The first-order chi connectivity index (χ1) is 8.70. The van der Waals surface area contributed by atoms with Gasteiger partial charge in [-0.1, -0.05) is 19.3 Å². The van der Waals surface area contributed by atoms with Gasteiger partial charge in [-0.15, -0.1) is 0 Å². The fourth-order valence-corrected chi connectivity index (χ4v) is 2.86. The van der Waals surface area contributed by atoms with Crippen molar-refractivity contribution in [1.29, 1.82) is 0 Å². The quantitative estimate of drug-likeness (QED) is 0.884. The standard InChI is InChI=1S/C14H23N3O/c1-11-8-14(18)17(16-9-11)10-13(15-2)12-6-4-3-5-7-12/h8-9,12-13,15H,3-7,10H2,1-2H3. The first-order valence-corrected chi connectivity index (χ1v) is 6.91. The third-order valence-electron chi connectivity index (χ3n) is 3.97. The van der Waals surface area contributed by atoms with E-state index in [0.717, 1.165) is 5.56 Å². The molecule has 0 aliphatic heterocycles. The number of aryl methyl sites for hydroxylation is 1. The van der Waals surface area contributed by atoms with Crippen LogP contribution in [0.25, 0.3) is 0 Å². The van der Waals surface area contributed by atoms with E-state index in [2.05, 4.69) is 10.4 Å². The highest BCUT2D eigenvalue weighted by atomic mass is 16.1. The van der Waals surface area contributed by atoms with Crippen LogP contribution in [-0.4, -0.2) is 22.9 Å². The van der Waals surface area contributed by atoms with Crippen LogP contribution < -0.4 is 10.9 Å². The topological polar surface area (TPSA) is 46.9 Å². The molecular weight excluding hydrogens is 226 g/mol. The average molecular weight is 249 g/mol. The highest BCUT2D eigenvalue weighted by molar-refractivity contribution is 5.02. The highest BCUT2D eigenvalue weighted by Crippen LogP contribution is 2.26. The molecule has 0 amide bonds. The Hall–Kier alpha value is -1.16. The summed E-state index contributed by atoms with van der Waals surface area (Å²) in [6, 6.07) is 2.01. The van der Waals surface area contributed by atoms with Crippen molar-refractivity contribution in [2.24, 2.45) is 5.92 Å². The third kappa shape index (κ3) is 3.19. The summed E-state index contributed by atoms with van der Waals surface area (Å²) in [4.78, 5) is 11.8. The largest absolute Gasteiger partial charge is 0.315 e. The number of aromatic nitrogens is 2. The second-order valence-electron chi connectivity index (χ2n) is 5.35. The van der Waals surface area contributed by atoms with Crippen molar-refractivity contribution in [3.63, 3.8) is 0 Å². The maximum atomic E-state index is 11.8. The first kappa shape index (κ1) is 13.3. The molecule has 1 saturated carbocycles. The summed E-state index contributed by atoms with van der Waals surface area (Å²) >= 11 is 0. The molecule has 1 N–H and O–H groups in total. The van der Waals surface area contributed by atoms with E-state index in [-0.39, 0.29) is 5.56 Å². The number of hydrogen-bond acceptors (Lipinski definition) is 3. The Labute approximate surface area is 108 Å². The molecule has 0 radical (unpaired) electrons. The van der Waals surface area contributed by atoms with E-state index < -0.39 is 0 Å². The lowest BCUT2D eigenvalue weighted by Crippen LogP contribution is -2.41. The monoisotopic (exact) mass is 249 g/mol. The zero-order valence-corrected chi connectivity index (χ0v) is 11.4. The molecule has 0 aromatic carbocycles. The third-order valence-corrected chi connectivity index (χ3v) is 3.97. The molecular formula is C14H23N3O. The molecule has 1 fully saturated rings. The van der Waals surface area contributed by atoms with Gasteiger partial charge in [-0.3, -0.25) is 4.79 Å². The summed E-state index contributed by atoms with van der Waals surface area (Å²) < 4.78 is 1.59. The molecule has 100 valence electrons. The Kier molecular flexibility index (Phi) is 4.53. The predicted octanol–water partition coefficient (Wildman–Crippen LogP) is 1.72. The van der Waals surface area contributed by atoms with E-state index in [1.165, 1.54) is 32.1 Å². The van der Waals surface area contributed by atoms with E-state index in [9.17, 15) is 4.79 Å². The van der Waals surface area contributed by atoms with E-state index in [1.807, 2.05) is 14.0 Å². The lowest BCUT2D eigenvalue weighted by Gasteiger charge is -2.30. The number of rotatable bonds is 4. The maximum absolute atomic E-state index is 11.8. The van der Waals surface area contributed by atoms with Crippen LogP contribution in [0.4, 0.5) is 0 Å². The van der Waals surface area contributed by atoms with Crippen molar-refractivity contribution in [2.45, 2.75) is 51.6 Å². The molecule has 1 atom stereocenters. The summed E-state index contributed by atoms with van der Waals surface area (Å²) in [5, 5.41) is 7.59. The van der Waals surface area contributed by atoms with Crippen LogP contribution in [-0.2, 0) is 6.54 Å². The SMILES string of the molecule is CNC(Cn1ncc(C)cc1=O)C1CCCCC1. The maximum Gasteiger partial charge on any atom is 0.267 e. The summed E-state index contributed by atoms with van der Waals surface area (Å²) in [6.07, 6.45) is 8.29. The van der Waals surface area contributed by atoms with Gasteiger partial charge in [0.1, 0.15) is 0 Å². The summed E-state index contributed by atoms with van der Waals surface area (Å²) in [7, 11) is 1.98. The van der Waals surface area contributed by atoms with Gasteiger partial charge in [0.2, 0.25) is 0 Å². The minimum Gasteiger partial charge on any atom is -0.315 e. The molecule has 1 unspecified atom stereocenters. The fraction of sp³-hybridized carbons (Fsp3) is 0.714. The van der Waals surface area contributed by atoms with Gasteiger partial charge in [0.25, 0.3) is 5.56 Å². The van der Waals surface area contributed by atoms with Crippen LogP contribution in [0.3, 0.4) is 0 Å². The van der Waals surface area contributed by atoms with Crippen molar-refractivity contribution in [3.05, 3.63) is 28.2 Å². The summed E-state index contributed by atoms with van der Waals surface area (Å²) in [5.41, 5.74) is 0.931. The Morgan fingerprint density at radius 2 is 2.17 bits per heavy atom. The minimum atomic E-state index is 0.00561. The van der Waals surface area contributed by atoms with Gasteiger partial charge in [-0.25, -0.2) is 4.68 Å². The highest BCUT2D eigenvalue weighted by Gasteiger charge is 2.23. The average Bonchev–Trinajstić information content (AvgIpc) is 2.39. The molecule has 1 aliphatic carbocycles. The lowest BCUT2D eigenvalue weighted by atomic mass is 9.84. The normalized spacial score (nSPS) is 18.8. The van der Waals surface area contributed by atoms with Crippen molar-refractivity contribution in [2.75, 3.05) is 7.05 Å². The molecule has 4 heteroatoms. The van der Waals surface area contributed by atoms with Gasteiger partial charge < -0.3 is 5.32 Å².